The van der Waals surface area contributed by atoms with Gasteiger partial charge in [-0.05, 0) is 93.5 Å². The predicted octanol–water partition coefficient (Wildman–Crippen LogP) is 6.27. The van der Waals surface area contributed by atoms with E-state index in [1.54, 1.807) is 39.0 Å². The third kappa shape index (κ3) is 9.07. The van der Waals surface area contributed by atoms with Crippen molar-refractivity contribution >= 4 is 51.6 Å². The van der Waals surface area contributed by atoms with E-state index in [4.69, 9.17) is 23.5 Å². The van der Waals surface area contributed by atoms with Crippen LogP contribution in [0.1, 0.15) is 87.6 Å². The minimum Gasteiger partial charge on any atom is -0.496 e. The van der Waals surface area contributed by atoms with E-state index in [0.717, 1.165) is 35.9 Å². The number of sulfonamides is 1. The molecule has 0 radical (unpaired) electrons. The SMILES string of the molecule is COc1c(C[C@H](NC(=O)C(NS(=O)(=O)c2cccnc2)c2csc(NC(=O)OCc3ccccc3)n2)B2OC3C[C@H]4C[C@@H](C4(C)C)[C@]3(C)O2)cccc1C(=O)OC(C)(C)C. The molecule has 4 fully saturated rings. The molecular formula is C42H50BN5O10S2. The van der Waals surface area contributed by atoms with Gasteiger partial charge in [0.15, 0.2) is 5.13 Å². The molecule has 318 valence electrons. The second kappa shape index (κ2) is 16.9. The van der Waals surface area contributed by atoms with Gasteiger partial charge in [-0.1, -0.05) is 56.3 Å². The van der Waals surface area contributed by atoms with Crippen LogP contribution in [0.2, 0.25) is 0 Å². The number of hydrogen-bond acceptors (Lipinski definition) is 13. The van der Waals surface area contributed by atoms with E-state index in [1.165, 1.54) is 30.8 Å². The summed E-state index contributed by atoms with van der Waals surface area (Å²) in [6.07, 6.45) is 3.39. The smallest absolute Gasteiger partial charge is 0.482 e. The van der Waals surface area contributed by atoms with Crippen LogP contribution in [-0.2, 0) is 46.6 Å². The Morgan fingerprint density at radius 3 is 2.48 bits per heavy atom. The summed E-state index contributed by atoms with van der Waals surface area (Å²) in [6, 6.07) is 15.4. The maximum absolute atomic E-state index is 14.7. The summed E-state index contributed by atoms with van der Waals surface area (Å²) in [7, 11) is -3.89. The van der Waals surface area contributed by atoms with Crippen LogP contribution in [0, 0.1) is 17.3 Å². The van der Waals surface area contributed by atoms with Crippen LogP contribution in [0.3, 0.4) is 0 Å². The highest BCUT2D eigenvalue weighted by molar-refractivity contribution is 7.89. The Hall–Kier alpha value is -4.88. The van der Waals surface area contributed by atoms with Crippen LogP contribution >= 0.6 is 11.3 Å². The second-order valence-electron chi connectivity index (χ2n) is 17.2. The van der Waals surface area contributed by atoms with Gasteiger partial charge in [-0.2, -0.15) is 4.72 Å². The van der Waals surface area contributed by atoms with Crippen molar-refractivity contribution < 1.29 is 46.3 Å². The summed E-state index contributed by atoms with van der Waals surface area (Å²) in [4.78, 5) is 49.1. The number of nitrogens with zero attached hydrogens (tertiary/aromatic N) is 2. The number of methoxy groups -OCH3 is 1. The third-order valence-electron chi connectivity index (χ3n) is 11.7. The number of carbonyl (C=O) groups is 3. The van der Waals surface area contributed by atoms with Gasteiger partial charge in [0.2, 0.25) is 15.9 Å². The van der Waals surface area contributed by atoms with Crippen molar-refractivity contribution in [3.05, 3.63) is 101 Å². The Bertz CT molecular complexity index is 2330. The van der Waals surface area contributed by atoms with Gasteiger partial charge in [0.25, 0.3) is 0 Å². The molecule has 15 nitrogen and oxygen atoms in total. The van der Waals surface area contributed by atoms with Gasteiger partial charge in [-0.3, -0.25) is 15.1 Å². The minimum absolute atomic E-state index is 0.00281. The molecule has 2 unspecified atom stereocenters. The lowest BCUT2D eigenvalue weighted by Crippen LogP contribution is -2.65. The summed E-state index contributed by atoms with van der Waals surface area (Å²) in [5, 5.41) is 7.14. The van der Waals surface area contributed by atoms with Crippen LogP contribution in [0.25, 0.3) is 0 Å². The number of benzene rings is 2. The average Bonchev–Trinajstić information content (AvgIpc) is 3.82. The fraction of sp³-hybridized carbons (Fsp3) is 0.452. The molecule has 3 saturated carbocycles. The lowest BCUT2D eigenvalue weighted by atomic mass is 9.43. The van der Waals surface area contributed by atoms with Crippen LogP contribution in [0.4, 0.5) is 9.93 Å². The first-order valence-corrected chi connectivity index (χ1v) is 22.1. The zero-order valence-electron chi connectivity index (χ0n) is 34.6. The van der Waals surface area contributed by atoms with Gasteiger partial charge < -0.3 is 28.8 Å². The van der Waals surface area contributed by atoms with Gasteiger partial charge in [0, 0.05) is 17.8 Å². The number of esters is 1. The number of carbonyl (C=O) groups excluding carboxylic acids is 3. The Labute approximate surface area is 354 Å². The highest BCUT2D eigenvalue weighted by Crippen LogP contribution is 2.65. The standard InChI is InChI=1S/C42H50BN5O10S2/c1-40(2,3)56-37(50)29-17-11-15-26(35(29)54-7)19-33(43-57-32-21-27-20-31(41(27,4)5)42(32,6)58-43)46-36(49)34(48-60(52,53)28-16-12-18-44-22-28)30-24-59-38(45-30)47-39(51)55-23-25-13-9-8-10-14-25/h8-18,22,24,27,31-34,48H,19-21,23H2,1-7H3,(H,46,49)(H,45,47,51)/t27-,31+,32?,33+,34?,42+/m1/s1. The van der Waals surface area contributed by atoms with Gasteiger partial charge >= 0.3 is 19.2 Å². The van der Waals surface area contributed by atoms with E-state index in [9.17, 15) is 22.8 Å². The van der Waals surface area contributed by atoms with Gasteiger partial charge in [0.1, 0.15) is 34.5 Å². The molecule has 4 aliphatic rings. The molecule has 1 saturated heterocycles. The number of thiazole rings is 1. The van der Waals surface area contributed by atoms with E-state index in [1.807, 2.05) is 30.3 Å². The van der Waals surface area contributed by atoms with Gasteiger partial charge in [-0.25, -0.2) is 23.0 Å². The maximum atomic E-state index is 14.7. The van der Waals surface area contributed by atoms with Crippen molar-refractivity contribution in [3.63, 3.8) is 0 Å². The number of nitrogens with one attached hydrogen (secondary N) is 3. The van der Waals surface area contributed by atoms with Crippen molar-refractivity contribution in [2.45, 2.75) is 102 Å². The molecule has 8 rings (SSSR count). The summed E-state index contributed by atoms with van der Waals surface area (Å²) in [5.74, 6) is -1.39. The fourth-order valence-electron chi connectivity index (χ4n) is 8.57. The van der Waals surface area contributed by atoms with Gasteiger partial charge in [-0.15, -0.1) is 11.3 Å². The molecule has 3 heterocycles. The van der Waals surface area contributed by atoms with Crippen molar-refractivity contribution in [3.8, 4) is 5.75 Å². The number of hydrogen-bond donors (Lipinski definition) is 3. The fourth-order valence-corrected chi connectivity index (χ4v) is 10.4. The summed E-state index contributed by atoms with van der Waals surface area (Å²) in [6.45, 7) is 11.9. The zero-order valence-corrected chi connectivity index (χ0v) is 36.2. The number of aromatic nitrogens is 2. The van der Waals surface area contributed by atoms with E-state index in [2.05, 4.69) is 46.1 Å². The molecule has 3 aliphatic carbocycles. The normalized spacial score (nSPS) is 22.7. The Kier molecular flexibility index (Phi) is 12.2. The Morgan fingerprint density at radius 2 is 1.80 bits per heavy atom. The average molecular weight is 860 g/mol. The summed E-state index contributed by atoms with van der Waals surface area (Å²) in [5.41, 5.74) is 0.132. The van der Waals surface area contributed by atoms with Crippen LogP contribution in [0.15, 0.2) is 83.3 Å². The number of ether oxygens (including phenoxy) is 3. The van der Waals surface area contributed by atoms with Crippen LogP contribution in [0.5, 0.6) is 5.75 Å². The quantitative estimate of drug-likeness (QED) is 0.0953. The van der Waals surface area contributed by atoms with Crippen molar-refractivity contribution in [2.24, 2.45) is 17.3 Å². The van der Waals surface area contributed by atoms with Crippen molar-refractivity contribution in [1.82, 2.24) is 20.0 Å². The van der Waals surface area contributed by atoms with Gasteiger partial charge in [0.05, 0.1) is 30.4 Å². The highest BCUT2D eigenvalue weighted by atomic mass is 32.2. The number of anilines is 1. The monoisotopic (exact) mass is 859 g/mol. The third-order valence-corrected chi connectivity index (χ3v) is 13.9. The number of amides is 2. The number of rotatable bonds is 14. The van der Waals surface area contributed by atoms with E-state index in [0.29, 0.717) is 11.5 Å². The molecule has 2 aromatic carbocycles. The molecule has 0 spiro atoms. The lowest BCUT2D eigenvalue weighted by molar-refractivity contribution is -0.199. The van der Waals surface area contributed by atoms with E-state index < -0.39 is 58.3 Å². The first-order chi connectivity index (χ1) is 28.4. The van der Waals surface area contributed by atoms with Crippen molar-refractivity contribution in [1.29, 1.82) is 0 Å². The van der Waals surface area contributed by atoms with E-state index in [-0.39, 0.29) is 57.5 Å². The molecule has 18 heteroatoms. The molecular weight excluding hydrogens is 809 g/mol. The van der Waals surface area contributed by atoms with Crippen molar-refractivity contribution in [2.75, 3.05) is 12.4 Å². The number of para-hydroxylation sites is 1. The lowest BCUT2D eigenvalue weighted by Gasteiger charge is -2.64. The minimum atomic E-state index is -4.36. The zero-order chi connectivity index (χ0) is 43.0. The molecule has 3 N–H and O–H groups in total. The topological polar surface area (TPSA) is 193 Å². The Morgan fingerprint density at radius 1 is 1.03 bits per heavy atom. The molecule has 60 heavy (non-hydrogen) atoms. The number of pyridine rings is 1. The second-order valence-corrected chi connectivity index (χ2v) is 19.7. The summed E-state index contributed by atoms with van der Waals surface area (Å²) < 4.78 is 60.5. The first kappa shape index (κ1) is 43.2. The molecule has 4 aromatic rings. The molecule has 2 bridgehead atoms. The molecule has 2 amide bonds. The van der Waals surface area contributed by atoms with E-state index >= 15 is 0 Å². The predicted molar refractivity (Wildman–Crippen MR) is 224 cm³/mol. The highest BCUT2D eigenvalue weighted by Gasteiger charge is 2.68. The largest absolute Gasteiger partial charge is 0.496 e. The first-order valence-electron chi connectivity index (χ1n) is 19.8. The summed E-state index contributed by atoms with van der Waals surface area (Å²) >= 11 is 0.984. The molecule has 6 atom stereocenters. The Balaban J connectivity index is 1.20. The maximum Gasteiger partial charge on any atom is 0.482 e. The molecule has 2 aromatic heterocycles. The molecule has 1 aliphatic heterocycles. The van der Waals surface area contributed by atoms with Crippen LogP contribution < -0.4 is 20.1 Å². The van der Waals surface area contributed by atoms with Crippen LogP contribution in [-0.4, -0.2) is 73.8 Å².